The third-order valence-corrected chi connectivity index (χ3v) is 4.37. The highest BCUT2D eigenvalue weighted by Gasteiger charge is 2.33. The van der Waals surface area contributed by atoms with E-state index in [9.17, 15) is 4.79 Å². The summed E-state index contributed by atoms with van der Waals surface area (Å²) in [4.78, 5) is 22.9. The Bertz CT molecular complexity index is 690. The van der Waals surface area contributed by atoms with Crippen molar-refractivity contribution in [2.45, 2.75) is 25.4 Å². The highest BCUT2D eigenvalue weighted by molar-refractivity contribution is 5.89. The first-order valence-corrected chi connectivity index (χ1v) is 8.08. The van der Waals surface area contributed by atoms with Gasteiger partial charge in [0.05, 0.1) is 30.2 Å². The van der Waals surface area contributed by atoms with Crippen molar-refractivity contribution < 1.29 is 9.53 Å². The van der Waals surface area contributed by atoms with Gasteiger partial charge in [0.25, 0.3) is 0 Å². The molecule has 0 radical (unpaired) electrons. The van der Waals surface area contributed by atoms with Crippen LogP contribution in [-0.2, 0) is 4.74 Å². The largest absolute Gasteiger partial charge is 0.377 e. The van der Waals surface area contributed by atoms with Gasteiger partial charge in [-0.3, -0.25) is 0 Å². The predicted molar refractivity (Wildman–Crippen MR) is 92.7 cm³/mol. The zero-order valence-electron chi connectivity index (χ0n) is 14.0. The molecule has 0 saturated carbocycles. The van der Waals surface area contributed by atoms with Crippen molar-refractivity contribution in [1.29, 1.82) is 0 Å². The van der Waals surface area contributed by atoms with Gasteiger partial charge in [0.15, 0.2) is 5.82 Å². The number of likely N-dealkylation sites (tertiary alicyclic amines) is 1. The van der Waals surface area contributed by atoms with Crippen molar-refractivity contribution in [1.82, 2.24) is 14.9 Å². The highest BCUT2D eigenvalue weighted by Crippen LogP contribution is 2.24. The van der Waals surface area contributed by atoms with Crippen molar-refractivity contribution in [3.8, 4) is 11.4 Å². The second kappa shape index (κ2) is 6.97. The molecule has 1 aliphatic heterocycles. The molecule has 1 aromatic carbocycles. The van der Waals surface area contributed by atoms with Crippen LogP contribution in [0.2, 0.25) is 0 Å². The van der Waals surface area contributed by atoms with Gasteiger partial charge in [-0.15, -0.1) is 0 Å². The molecule has 6 heteroatoms. The Kier molecular flexibility index (Phi) is 4.76. The van der Waals surface area contributed by atoms with E-state index in [4.69, 9.17) is 4.74 Å². The molecule has 2 amide bonds. The van der Waals surface area contributed by atoms with Crippen molar-refractivity contribution in [3.05, 3.63) is 42.7 Å². The molecule has 126 valence electrons. The summed E-state index contributed by atoms with van der Waals surface area (Å²) in [5, 5.41) is 2.86. The topological polar surface area (TPSA) is 67.3 Å². The fourth-order valence-corrected chi connectivity index (χ4v) is 2.88. The monoisotopic (exact) mass is 326 g/mol. The molecule has 1 N–H and O–H groups in total. The summed E-state index contributed by atoms with van der Waals surface area (Å²) in [7, 11) is 1.69. The molecular weight excluding hydrogens is 304 g/mol. The number of urea groups is 1. The number of methoxy groups -OCH3 is 1. The average molecular weight is 326 g/mol. The second-order valence-electron chi connectivity index (χ2n) is 6.27. The number of benzene rings is 1. The van der Waals surface area contributed by atoms with Crippen LogP contribution in [0, 0.1) is 0 Å². The lowest BCUT2D eigenvalue weighted by atomic mass is 9.95. The van der Waals surface area contributed by atoms with Crippen LogP contribution < -0.4 is 5.32 Å². The van der Waals surface area contributed by atoms with Crippen LogP contribution in [0.15, 0.2) is 42.7 Å². The van der Waals surface area contributed by atoms with Gasteiger partial charge in [0, 0.05) is 19.2 Å². The van der Waals surface area contributed by atoms with Crippen LogP contribution in [0.4, 0.5) is 10.5 Å². The number of rotatable bonds is 3. The molecule has 24 heavy (non-hydrogen) atoms. The molecule has 1 saturated heterocycles. The van der Waals surface area contributed by atoms with Crippen molar-refractivity contribution in [2.75, 3.05) is 25.5 Å². The minimum atomic E-state index is -0.275. The highest BCUT2D eigenvalue weighted by atomic mass is 16.5. The quantitative estimate of drug-likeness (QED) is 0.941. The lowest BCUT2D eigenvalue weighted by molar-refractivity contribution is -0.0389. The summed E-state index contributed by atoms with van der Waals surface area (Å²) in [5.41, 5.74) is 1.26. The van der Waals surface area contributed by atoms with E-state index >= 15 is 0 Å². The lowest BCUT2D eigenvalue weighted by Crippen LogP contribution is -2.50. The predicted octanol–water partition coefficient (Wildman–Crippen LogP) is 3.18. The number of hydrogen-bond donors (Lipinski definition) is 1. The zero-order valence-corrected chi connectivity index (χ0v) is 14.0. The molecule has 0 aliphatic carbocycles. The molecule has 0 bridgehead atoms. The van der Waals surface area contributed by atoms with Gasteiger partial charge in [-0.05, 0) is 19.8 Å². The molecule has 1 aromatic heterocycles. The number of nitrogens with zero attached hydrogens (tertiary/aromatic N) is 3. The smallest absolute Gasteiger partial charge is 0.322 e. The first kappa shape index (κ1) is 16.4. The molecule has 2 heterocycles. The number of piperidine rings is 1. The van der Waals surface area contributed by atoms with E-state index in [-0.39, 0.29) is 11.6 Å². The Morgan fingerprint density at radius 2 is 1.96 bits per heavy atom. The van der Waals surface area contributed by atoms with Crippen molar-refractivity contribution in [2.24, 2.45) is 0 Å². The Morgan fingerprint density at radius 3 is 2.62 bits per heavy atom. The zero-order chi connectivity index (χ0) is 17.0. The third-order valence-electron chi connectivity index (χ3n) is 4.37. The van der Waals surface area contributed by atoms with Gasteiger partial charge in [0.1, 0.15) is 0 Å². The Morgan fingerprint density at radius 1 is 1.25 bits per heavy atom. The maximum Gasteiger partial charge on any atom is 0.322 e. The summed E-state index contributed by atoms with van der Waals surface area (Å²) in [6, 6.07) is 9.59. The van der Waals surface area contributed by atoms with E-state index in [2.05, 4.69) is 15.3 Å². The van der Waals surface area contributed by atoms with Crippen LogP contribution >= 0.6 is 0 Å². The maximum absolute atomic E-state index is 12.4. The van der Waals surface area contributed by atoms with E-state index in [1.807, 2.05) is 37.3 Å². The van der Waals surface area contributed by atoms with Crippen LogP contribution in [0.1, 0.15) is 19.8 Å². The number of nitrogens with one attached hydrogen (secondary N) is 1. The van der Waals surface area contributed by atoms with E-state index in [0.717, 1.165) is 24.9 Å². The molecular formula is C18H22N4O2. The molecule has 2 aromatic rings. The van der Waals surface area contributed by atoms with Gasteiger partial charge < -0.3 is 15.0 Å². The number of hydrogen-bond acceptors (Lipinski definition) is 4. The second-order valence-corrected chi connectivity index (χ2v) is 6.27. The van der Waals surface area contributed by atoms with Gasteiger partial charge in [-0.25, -0.2) is 14.8 Å². The number of carbonyl (C=O) groups is 1. The van der Waals surface area contributed by atoms with Crippen LogP contribution in [0.25, 0.3) is 11.4 Å². The normalized spacial score (nSPS) is 20.7. The molecule has 3 rings (SSSR count). The number of aromatic nitrogens is 2. The summed E-state index contributed by atoms with van der Waals surface area (Å²) >= 11 is 0. The summed E-state index contributed by atoms with van der Waals surface area (Å²) < 4.78 is 5.53. The van der Waals surface area contributed by atoms with Crippen LogP contribution in [0.3, 0.4) is 0 Å². The molecule has 0 spiro atoms. The van der Waals surface area contributed by atoms with Crippen LogP contribution in [0.5, 0.6) is 0 Å². The lowest BCUT2D eigenvalue weighted by Gasteiger charge is -2.39. The minimum Gasteiger partial charge on any atom is -0.377 e. The van der Waals surface area contributed by atoms with Gasteiger partial charge >= 0.3 is 6.03 Å². The van der Waals surface area contributed by atoms with E-state index in [0.29, 0.717) is 18.1 Å². The summed E-state index contributed by atoms with van der Waals surface area (Å²) in [6.07, 6.45) is 5.16. The number of amides is 2. The number of ether oxygens (including phenoxy) is 1. The standard InChI is InChI=1S/C18H22N4O2/c1-18(24-2)9-6-10-22(13-18)17(23)21-15-11-19-16(20-12-15)14-7-4-3-5-8-14/h3-5,7-8,11-12H,6,9-10,13H2,1-2H3,(H,21,23). The maximum atomic E-state index is 12.4. The first-order chi connectivity index (χ1) is 11.6. The van der Waals surface area contributed by atoms with Gasteiger partial charge in [0.2, 0.25) is 0 Å². The molecule has 6 nitrogen and oxygen atoms in total. The van der Waals surface area contributed by atoms with Gasteiger partial charge in [-0.2, -0.15) is 0 Å². The molecule has 1 aliphatic rings. The summed E-state index contributed by atoms with van der Waals surface area (Å²) in [5.74, 6) is 0.638. The summed E-state index contributed by atoms with van der Waals surface area (Å²) in [6.45, 7) is 3.34. The van der Waals surface area contributed by atoms with Crippen molar-refractivity contribution in [3.63, 3.8) is 0 Å². The SMILES string of the molecule is COC1(C)CCCN(C(=O)Nc2cnc(-c3ccccc3)nc2)C1. The molecule has 1 unspecified atom stereocenters. The fourth-order valence-electron chi connectivity index (χ4n) is 2.88. The van der Waals surface area contributed by atoms with Crippen molar-refractivity contribution >= 4 is 11.7 Å². The number of carbonyl (C=O) groups excluding carboxylic acids is 1. The minimum absolute atomic E-state index is 0.144. The Labute approximate surface area is 141 Å². The fraction of sp³-hybridized carbons (Fsp3) is 0.389. The Balaban J connectivity index is 1.64. The molecule has 1 atom stereocenters. The van der Waals surface area contributed by atoms with Gasteiger partial charge in [-0.1, -0.05) is 30.3 Å². The van der Waals surface area contributed by atoms with E-state index < -0.39 is 0 Å². The Hall–Kier alpha value is -2.47. The average Bonchev–Trinajstić information content (AvgIpc) is 2.63. The van der Waals surface area contributed by atoms with E-state index in [1.54, 1.807) is 24.4 Å². The molecule has 1 fully saturated rings. The van der Waals surface area contributed by atoms with E-state index in [1.165, 1.54) is 0 Å². The third kappa shape index (κ3) is 3.71. The number of anilines is 1. The van der Waals surface area contributed by atoms with Crippen LogP contribution in [-0.4, -0.2) is 46.7 Å². The first-order valence-electron chi connectivity index (χ1n) is 8.08.